The van der Waals surface area contributed by atoms with Crippen molar-refractivity contribution in [3.63, 3.8) is 0 Å². The monoisotopic (exact) mass is 870 g/mol. The van der Waals surface area contributed by atoms with Crippen molar-refractivity contribution in [2.45, 2.75) is 34.6 Å². The molecule has 0 aliphatic carbocycles. The van der Waals surface area contributed by atoms with Crippen LogP contribution in [0.5, 0.6) is 23.0 Å². The first-order chi connectivity index (χ1) is 31.1. The quantitative estimate of drug-likeness (QED) is 0.178. The molecule has 5 aromatic carbocycles. The minimum Gasteiger partial charge on any atom is -0.388 e. The predicted octanol–water partition coefficient (Wildman–Crippen LogP) is 3.57. The van der Waals surface area contributed by atoms with Crippen LogP contribution in [0.2, 0.25) is 0 Å². The number of benzene rings is 5. The lowest BCUT2D eigenvalue weighted by Crippen LogP contribution is -2.53. The highest BCUT2D eigenvalue weighted by Crippen LogP contribution is 2.25. The molecule has 0 N–H and O–H groups in total. The molecule has 7 aromatic rings. The van der Waals surface area contributed by atoms with Crippen LogP contribution in [0.4, 0.5) is 0 Å². The number of aromatic nitrogens is 6. The zero-order valence-electron chi connectivity index (χ0n) is 34.7. The van der Waals surface area contributed by atoms with Gasteiger partial charge in [-0.15, -0.1) is 21.0 Å². The van der Waals surface area contributed by atoms with Crippen LogP contribution in [0.15, 0.2) is 120 Å². The highest BCUT2D eigenvalue weighted by Gasteiger charge is 2.25. The van der Waals surface area contributed by atoms with Crippen LogP contribution in [0, 0.1) is 80.7 Å². The fourth-order valence-electron chi connectivity index (χ4n) is 6.93. The first-order valence-electron chi connectivity index (χ1n) is 19.0. The number of hydrogen-bond acceptors (Lipinski definition) is 14. The second-order valence-electron chi connectivity index (χ2n) is 14.3. The van der Waals surface area contributed by atoms with Crippen LogP contribution < -0.4 is 53.1 Å². The van der Waals surface area contributed by atoms with Crippen LogP contribution in [0.3, 0.4) is 0 Å². The summed E-state index contributed by atoms with van der Waals surface area (Å²) in [6.07, 6.45) is 6.20. The van der Waals surface area contributed by atoms with Crippen LogP contribution in [0.25, 0.3) is 34.1 Å². The summed E-state index contributed by atoms with van der Waals surface area (Å²) in [6, 6.07) is 20.2. The molecule has 0 aliphatic rings. The van der Waals surface area contributed by atoms with E-state index in [0.717, 1.165) is 6.07 Å². The van der Waals surface area contributed by atoms with Crippen LogP contribution in [-0.2, 0) is 0 Å². The van der Waals surface area contributed by atoms with Crippen molar-refractivity contribution in [2.75, 3.05) is 0 Å². The Hall–Kier alpha value is -9.92. The van der Waals surface area contributed by atoms with Gasteiger partial charge in [-0.05, 0) is 98.8 Å². The Morgan fingerprint density at radius 3 is 0.785 bits per heavy atom. The summed E-state index contributed by atoms with van der Waals surface area (Å²) in [5.74, 6) is -0.0404. The van der Waals surface area contributed by atoms with E-state index in [2.05, 4.69) is 0 Å². The maximum atomic E-state index is 14.7. The average molecular weight is 871 g/mol. The van der Waals surface area contributed by atoms with Gasteiger partial charge in [-0.25, -0.2) is 56.2 Å². The lowest BCUT2D eigenvalue weighted by Gasteiger charge is -2.18. The van der Waals surface area contributed by atoms with E-state index < -0.39 is 34.1 Å². The van der Waals surface area contributed by atoms with Gasteiger partial charge in [0, 0.05) is 24.3 Å². The first-order valence-corrected chi connectivity index (χ1v) is 19.0. The molecule has 2 aromatic heterocycles. The number of aryl methyl sites for hydroxylation is 5. The van der Waals surface area contributed by atoms with Gasteiger partial charge < -0.3 is 18.9 Å². The van der Waals surface area contributed by atoms with Gasteiger partial charge in [-0.1, -0.05) is 30.3 Å². The maximum Gasteiger partial charge on any atom is 0.345 e. The van der Waals surface area contributed by atoms with E-state index in [1.165, 1.54) is 91.9 Å². The second-order valence-corrected chi connectivity index (χ2v) is 14.3. The van der Waals surface area contributed by atoms with Crippen LogP contribution >= 0.6 is 0 Å². The first kappa shape index (κ1) is 43.2. The van der Waals surface area contributed by atoms with Crippen LogP contribution in [-0.4, -0.2) is 27.4 Å². The summed E-state index contributed by atoms with van der Waals surface area (Å²) < 4.78 is 24.0. The summed E-state index contributed by atoms with van der Waals surface area (Å²) in [5.41, 5.74) is -6.23. The summed E-state index contributed by atoms with van der Waals surface area (Å²) in [5, 5.41) is 37.2. The molecule has 2 heterocycles. The second kappa shape index (κ2) is 17.2. The standard InChI is InChI=1S/C45H30N10O10/c1-25-6-11-30(50-40(56)51(31-12-7-26(2)36(17-31)62-21-46)42(58)52(41(50)57)32-13-8-27(3)37(18-32)63-22-47)16-35(25)55-44(60)53(33-14-9-28(4)38(19-33)64-23-48)43(59)54(45(55)61)34-15-10-29(5)39(20-34)65-24-49/h6-20H,1-5H3. The minimum atomic E-state index is -1.23. The normalized spacial score (nSPS) is 10.5. The Kier molecular flexibility index (Phi) is 11.4. The fraction of sp³-hybridized carbons (Fsp3) is 0.111. The van der Waals surface area contributed by atoms with E-state index in [9.17, 15) is 49.8 Å². The van der Waals surface area contributed by atoms with Crippen molar-refractivity contribution in [2.24, 2.45) is 0 Å². The van der Waals surface area contributed by atoms with Gasteiger partial charge in [0.15, 0.2) is 0 Å². The highest BCUT2D eigenvalue weighted by molar-refractivity contribution is 5.53. The molecule has 0 bridgehead atoms. The van der Waals surface area contributed by atoms with Crippen LogP contribution in [0.1, 0.15) is 27.8 Å². The number of hydrogen-bond donors (Lipinski definition) is 0. The molecule has 0 saturated carbocycles. The van der Waals surface area contributed by atoms with Crippen molar-refractivity contribution in [3.05, 3.63) is 182 Å². The van der Waals surface area contributed by atoms with Crippen molar-refractivity contribution in [3.8, 4) is 82.1 Å². The van der Waals surface area contributed by atoms with E-state index in [4.69, 9.17) is 18.9 Å². The molecule has 0 aliphatic heterocycles. The summed E-state index contributed by atoms with van der Waals surface area (Å²) in [7, 11) is 0. The molecular weight excluding hydrogens is 841 g/mol. The molecule has 20 nitrogen and oxygen atoms in total. The predicted molar refractivity (Wildman–Crippen MR) is 229 cm³/mol. The molecule has 65 heavy (non-hydrogen) atoms. The van der Waals surface area contributed by atoms with Crippen molar-refractivity contribution in [1.82, 2.24) is 27.4 Å². The van der Waals surface area contributed by atoms with E-state index in [0.29, 0.717) is 49.7 Å². The maximum absolute atomic E-state index is 14.7. The van der Waals surface area contributed by atoms with Gasteiger partial charge >= 0.3 is 34.1 Å². The molecule has 0 radical (unpaired) electrons. The molecule has 0 spiro atoms. The van der Waals surface area contributed by atoms with Gasteiger partial charge in [0.1, 0.15) is 23.0 Å². The van der Waals surface area contributed by atoms with Crippen molar-refractivity contribution in [1.29, 1.82) is 21.0 Å². The Labute approximate surface area is 365 Å². The summed E-state index contributed by atoms with van der Waals surface area (Å²) in [6.45, 7) is 7.97. The van der Waals surface area contributed by atoms with E-state index in [1.54, 1.807) is 52.7 Å². The van der Waals surface area contributed by atoms with Gasteiger partial charge in [0.05, 0.1) is 34.1 Å². The van der Waals surface area contributed by atoms with E-state index in [1.807, 2.05) is 0 Å². The molecule has 320 valence electrons. The molecule has 0 atom stereocenters. The van der Waals surface area contributed by atoms with Gasteiger partial charge in [0.2, 0.25) is 0 Å². The third-order valence-corrected chi connectivity index (χ3v) is 10.3. The third kappa shape index (κ3) is 7.58. The smallest absolute Gasteiger partial charge is 0.345 e. The number of nitriles is 4. The highest BCUT2D eigenvalue weighted by atomic mass is 16.5. The lowest BCUT2D eigenvalue weighted by molar-refractivity contribution is 0.501. The number of nitrogens with zero attached hydrogens (tertiary/aromatic N) is 10. The van der Waals surface area contributed by atoms with Gasteiger partial charge in [0.25, 0.3) is 25.0 Å². The zero-order valence-corrected chi connectivity index (χ0v) is 34.7. The minimum absolute atomic E-state index is 0.00985. The van der Waals surface area contributed by atoms with E-state index >= 15 is 0 Å². The molecule has 0 unspecified atom stereocenters. The summed E-state index contributed by atoms with van der Waals surface area (Å²) >= 11 is 0. The zero-order chi connectivity index (χ0) is 46.9. The third-order valence-electron chi connectivity index (χ3n) is 10.3. The molecule has 7 rings (SSSR count). The summed E-state index contributed by atoms with van der Waals surface area (Å²) in [4.78, 5) is 87.7. The lowest BCUT2D eigenvalue weighted by atomic mass is 10.1. The Morgan fingerprint density at radius 1 is 0.323 bits per heavy atom. The fourth-order valence-corrected chi connectivity index (χ4v) is 6.93. The molecule has 0 amide bonds. The number of rotatable bonds is 10. The molecular formula is C45H30N10O10. The molecule has 0 fully saturated rings. The largest absolute Gasteiger partial charge is 0.388 e. The van der Waals surface area contributed by atoms with E-state index in [-0.39, 0.29) is 62.7 Å². The average Bonchev–Trinajstić information content (AvgIpc) is 3.26. The Morgan fingerprint density at radius 2 is 0.538 bits per heavy atom. The van der Waals surface area contributed by atoms with Crippen molar-refractivity contribution < 1.29 is 18.9 Å². The Balaban J connectivity index is 1.60. The van der Waals surface area contributed by atoms with Crippen molar-refractivity contribution >= 4 is 0 Å². The number of ether oxygens (including phenoxy) is 4. The molecule has 20 heteroatoms. The topological polar surface area (TPSA) is 264 Å². The molecule has 0 saturated heterocycles. The Bertz CT molecular complexity index is 3510. The SMILES string of the molecule is Cc1ccc(-n2c(=O)n(-c3ccc(C)c(OC#N)c3)c(=O)n(-c3ccc(C)c(-n4c(=O)n(-c5ccc(C)c(OC#N)c5)c(=O)n(-c5ccc(C)c(OC#N)c5)c4=O)c3)c2=O)cc1OC#N. The van der Waals surface area contributed by atoms with Gasteiger partial charge in [-0.3, -0.25) is 0 Å². The van der Waals surface area contributed by atoms with Gasteiger partial charge in [-0.2, -0.15) is 0 Å².